The van der Waals surface area contributed by atoms with Crippen molar-refractivity contribution in [2.75, 3.05) is 38.2 Å². The van der Waals surface area contributed by atoms with Gasteiger partial charge in [-0.05, 0) is 55.3 Å². The molecule has 1 heterocycles. The van der Waals surface area contributed by atoms with Crippen LogP contribution in [0.15, 0.2) is 42.5 Å². The van der Waals surface area contributed by atoms with Crippen molar-refractivity contribution in [3.8, 4) is 5.75 Å². The standard InChI is InChI=1S/C21H24N2O3S/c1-15-3-4-16(2)19(13-15)22-20(24)14-26-18-7-5-17(6-8-18)21(27)23-9-11-25-12-10-23/h3-8,13H,9-12,14H2,1-2H3,(H,22,24). The number of carbonyl (C=O) groups is 1. The molecule has 0 bridgehead atoms. The molecule has 1 aliphatic heterocycles. The second-order valence-corrected chi connectivity index (χ2v) is 6.97. The van der Waals surface area contributed by atoms with E-state index in [-0.39, 0.29) is 12.5 Å². The number of morpholine rings is 1. The largest absolute Gasteiger partial charge is 0.484 e. The van der Waals surface area contributed by atoms with Crippen LogP contribution in [0.2, 0.25) is 0 Å². The molecule has 0 spiro atoms. The van der Waals surface area contributed by atoms with E-state index in [4.69, 9.17) is 21.7 Å². The summed E-state index contributed by atoms with van der Waals surface area (Å²) in [5, 5.41) is 2.89. The Balaban J connectivity index is 1.53. The van der Waals surface area contributed by atoms with Gasteiger partial charge in [0.2, 0.25) is 0 Å². The number of thiocarbonyl (C=S) groups is 1. The van der Waals surface area contributed by atoms with Gasteiger partial charge in [-0.15, -0.1) is 0 Å². The highest BCUT2D eigenvalue weighted by molar-refractivity contribution is 7.80. The minimum atomic E-state index is -0.184. The molecule has 142 valence electrons. The van der Waals surface area contributed by atoms with Crippen LogP contribution in [0.1, 0.15) is 16.7 Å². The van der Waals surface area contributed by atoms with Crippen molar-refractivity contribution in [2.24, 2.45) is 0 Å². The molecule has 1 N–H and O–H groups in total. The number of hydrogen-bond donors (Lipinski definition) is 1. The number of amides is 1. The lowest BCUT2D eigenvalue weighted by molar-refractivity contribution is -0.118. The molecule has 0 aliphatic carbocycles. The number of benzene rings is 2. The highest BCUT2D eigenvalue weighted by Gasteiger charge is 2.15. The van der Waals surface area contributed by atoms with Gasteiger partial charge in [-0.25, -0.2) is 0 Å². The first-order valence-electron chi connectivity index (χ1n) is 9.00. The quantitative estimate of drug-likeness (QED) is 0.802. The Bertz CT molecular complexity index is 815. The van der Waals surface area contributed by atoms with E-state index >= 15 is 0 Å². The number of nitrogens with zero attached hydrogens (tertiary/aromatic N) is 1. The first-order valence-corrected chi connectivity index (χ1v) is 9.41. The molecule has 5 nitrogen and oxygen atoms in total. The van der Waals surface area contributed by atoms with E-state index in [2.05, 4.69) is 10.2 Å². The van der Waals surface area contributed by atoms with E-state index in [1.165, 1.54) is 0 Å². The molecule has 0 unspecified atom stereocenters. The Labute approximate surface area is 165 Å². The van der Waals surface area contributed by atoms with Crippen LogP contribution in [0.25, 0.3) is 0 Å². The first kappa shape index (κ1) is 19.3. The number of carbonyl (C=O) groups excluding carboxylic acids is 1. The molecule has 0 aromatic heterocycles. The van der Waals surface area contributed by atoms with Crippen LogP contribution in [0.5, 0.6) is 5.75 Å². The van der Waals surface area contributed by atoms with Crippen LogP contribution in [0.3, 0.4) is 0 Å². The van der Waals surface area contributed by atoms with Gasteiger partial charge in [-0.3, -0.25) is 4.79 Å². The maximum absolute atomic E-state index is 12.2. The van der Waals surface area contributed by atoms with Gasteiger partial charge >= 0.3 is 0 Å². The van der Waals surface area contributed by atoms with E-state index in [0.717, 1.165) is 40.5 Å². The molecule has 1 fully saturated rings. The van der Waals surface area contributed by atoms with Gasteiger partial charge in [0, 0.05) is 24.3 Å². The lowest BCUT2D eigenvalue weighted by atomic mass is 10.1. The van der Waals surface area contributed by atoms with Gasteiger partial charge in [-0.2, -0.15) is 0 Å². The number of anilines is 1. The summed E-state index contributed by atoms with van der Waals surface area (Å²) in [6.07, 6.45) is 0. The lowest BCUT2D eigenvalue weighted by Crippen LogP contribution is -2.40. The Morgan fingerprint density at radius 2 is 1.85 bits per heavy atom. The van der Waals surface area contributed by atoms with E-state index in [1.807, 2.05) is 56.3 Å². The third-order valence-corrected chi connectivity index (χ3v) is 4.93. The molecule has 27 heavy (non-hydrogen) atoms. The molecule has 6 heteroatoms. The van der Waals surface area contributed by atoms with Crippen LogP contribution in [-0.4, -0.2) is 48.7 Å². The summed E-state index contributed by atoms with van der Waals surface area (Å²) in [6, 6.07) is 13.5. The summed E-state index contributed by atoms with van der Waals surface area (Å²) in [6.45, 7) is 6.96. The van der Waals surface area contributed by atoms with Gasteiger partial charge in [-0.1, -0.05) is 24.4 Å². The number of rotatable bonds is 5. The van der Waals surface area contributed by atoms with Crippen LogP contribution in [0, 0.1) is 13.8 Å². The second-order valence-electron chi connectivity index (χ2n) is 6.58. The summed E-state index contributed by atoms with van der Waals surface area (Å²) in [4.78, 5) is 15.1. The Kier molecular flexibility index (Phi) is 6.42. The number of nitrogens with one attached hydrogen (secondary N) is 1. The van der Waals surface area contributed by atoms with E-state index in [0.29, 0.717) is 19.0 Å². The summed E-state index contributed by atoms with van der Waals surface area (Å²) in [5.74, 6) is 0.455. The van der Waals surface area contributed by atoms with Gasteiger partial charge in [0.25, 0.3) is 5.91 Å². The normalized spacial score (nSPS) is 13.9. The van der Waals surface area contributed by atoms with Crippen molar-refractivity contribution in [3.05, 3.63) is 59.2 Å². The molecule has 1 aliphatic rings. The topological polar surface area (TPSA) is 50.8 Å². The molecular weight excluding hydrogens is 360 g/mol. The van der Waals surface area contributed by atoms with Gasteiger partial charge in [0.15, 0.2) is 6.61 Å². The fraction of sp³-hybridized carbons (Fsp3) is 0.333. The molecule has 0 radical (unpaired) electrons. The third kappa shape index (κ3) is 5.28. The second kappa shape index (κ2) is 8.97. The van der Waals surface area contributed by atoms with Crippen LogP contribution < -0.4 is 10.1 Å². The lowest BCUT2D eigenvalue weighted by Gasteiger charge is -2.29. The smallest absolute Gasteiger partial charge is 0.262 e. The summed E-state index contributed by atoms with van der Waals surface area (Å²) in [5.41, 5.74) is 3.91. The predicted octanol–water partition coefficient (Wildman–Crippen LogP) is 3.33. The van der Waals surface area contributed by atoms with E-state index < -0.39 is 0 Å². The number of hydrogen-bond acceptors (Lipinski definition) is 4. The van der Waals surface area contributed by atoms with Crippen molar-refractivity contribution in [1.82, 2.24) is 4.90 Å². The molecule has 0 saturated carbocycles. The van der Waals surface area contributed by atoms with Gasteiger partial charge in [0.1, 0.15) is 10.7 Å². The first-order chi connectivity index (χ1) is 13.0. The maximum atomic E-state index is 12.2. The van der Waals surface area contributed by atoms with Crippen molar-refractivity contribution < 1.29 is 14.3 Å². The zero-order valence-electron chi connectivity index (χ0n) is 15.7. The molecule has 2 aromatic carbocycles. The molecule has 0 atom stereocenters. The molecule has 3 rings (SSSR count). The van der Waals surface area contributed by atoms with Crippen molar-refractivity contribution >= 4 is 28.8 Å². The average molecular weight is 385 g/mol. The highest BCUT2D eigenvalue weighted by Crippen LogP contribution is 2.17. The SMILES string of the molecule is Cc1ccc(C)c(NC(=O)COc2ccc(C(=S)N3CCOCC3)cc2)c1. The maximum Gasteiger partial charge on any atom is 0.262 e. The fourth-order valence-electron chi connectivity index (χ4n) is 2.85. The van der Waals surface area contributed by atoms with Crippen LogP contribution in [0.4, 0.5) is 5.69 Å². The Morgan fingerprint density at radius 3 is 2.56 bits per heavy atom. The van der Waals surface area contributed by atoms with Crippen molar-refractivity contribution in [3.63, 3.8) is 0 Å². The summed E-state index contributed by atoms with van der Waals surface area (Å²) < 4.78 is 11.0. The van der Waals surface area contributed by atoms with Gasteiger partial charge in [0.05, 0.1) is 13.2 Å². The molecule has 2 aromatic rings. The Hall–Kier alpha value is -2.44. The summed E-state index contributed by atoms with van der Waals surface area (Å²) >= 11 is 5.55. The molecular formula is C21H24N2O3S. The zero-order chi connectivity index (χ0) is 19.2. The zero-order valence-corrected chi connectivity index (χ0v) is 16.5. The minimum absolute atomic E-state index is 0.0410. The monoisotopic (exact) mass is 384 g/mol. The Morgan fingerprint density at radius 1 is 1.15 bits per heavy atom. The third-order valence-electron chi connectivity index (χ3n) is 4.44. The average Bonchev–Trinajstić information content (AvgIpc) is 2.70. The number of ether oxygens (including phenoxy) is 2. The summed E-state index contributed by atoms with van der Waals surface area (Å²) in [7, 11) is 0. The van der Waals surface area contributed by atoms with Crippen molar-refractivity contribution in [2.45, 2.75) is 13.8 Å². The van der Waals surface area contributed by atoms with E-state index in [9.17, 15) is 4.79 Å². The fourth-order valence-corrected chi connectivity index (χ4v) is 3.17. The minimum Gasteiger partial charge on any atom is -0.484 e. The molecule has 1 amide bonds. The molecule has 1 saturated heterocycles. The van der Waals surface area contributed by atoms with Crippen LogP contribution in [-0.2, 0) is 9.53 Å². The van der Waals surface area contributed by atoms with Crippen molar-refractivity contribution in [1.29, 1.82) is 0 Å². The number of aryl methyl sites for hydroxylation is 2. The highest BCUT2D eigenvalue weighted by atomic mass is 32.1. The van der Waals surface area contributed by atoms with Gasteiger partial charge < -0.3 is 19.7 Å². The predicted molar refractivity (Wildman–Crippen MR) is 111 cm³/mol. The van der Waals surface area contributed by atoms with Crippen LogP contribution >= 0.6 is 12.2 Å². The van der Waals surface area contributed by atoms with E-state index in [1.54, 1.807) is 0 Å².